The summed E-state index contributed by atoms with van der Waals surface area (Å²) in [6.07, 6.45) is 0.700. The fourth-order valence-electron chi connectivity index (χ4n) is 0.915. The molecule has 0 bridgehead atoms. The van der Waals surface area contributed by atoms with Crippen molar-refractivity contribution in [3.63, 3.8) is 0 Å². The van der Waals surface area contributed by atoms with Crippen LogP contribution in [0.15, 0.2) is 5.51 Å². The summed E-state index contributed by atoms with van der Waals surface area (Å²) in [5.74, 6) is 0. The number of nitrogens with zero attached hydrogens (tertiary/aromatic N) is 2. The molecular weight excluding hydrogens is 164 g/mol. The van der Waals surface area contributed by atoms with Gasteiger partial charge < -0.3 is 9.47 Å². The van der Waals surface area contributed by atoms with Crippen LogP contribution in [0, 0.1) is 0 Å². The first kappa shape index (κ1) is 7.15. The molecule has 4 nitrogen and oxygen atoms in total. The lowest BCUT2D eigenvalue weighted by atomic mass is 10.4. The van der Waals surface area contributed by atoms with Crippen molar-refractivity contribution < 1.29 is 9.47 Å². The Bertz CT molecular complexity index is 208. The van der Waals surface area contributed by atoms with Crippen molar-refractivity contribution in [3.05, 3.63) is 10.5 Å². The van der Waals surface area contributed by atoms with Crippen LogP contribution in [0.25, 0.3) is 0 Å². The highest BCUT2D eigenvalue weighted by molar-refractivity contribution is 7.09. The zero-order valence-electron chi connectivity index (χ0n) is 5.90. The molecule has 0 radical (unpaired) electrons. The van der Waals surface area contributed by atoms with Gasteiger partial charge in [-0.05, 0) is 6.42 Å². The zero-order valence-corrected chi connectivity index (χ0v) is 6.71. The lowest BCUT2D eigenvalue weighted by molar-refractivity contribution is -0.183. The average Bonchev–Trinajstić information content (AvgIpc) is 2.58. The van der Waals surface area contributed by atoms with Gasteiger partial charge in [-0.15, -0.1) is 10.2 Å². The van der Waals surface area contributed by atoms with Crippen molar-refractivity contribution in [1.82, 2.24) is 10.2 Å². The summed E-state index contributed by atoms with van der Waals surface area (Å²) in [7, 11) is 0. The molecule has 11 heavy (non-hydrogen) atoms. The molecule has 0 N–H and O–H groups in total. The second kappa shape index (κ2) is 3.25. The SMILES string of the molecule is c1nnc(C2OCCCO2)s1. The minimum Gasteiger partial charge on any atom is -0.346 e. The number of aromatic nitrogens is 2. The van der Waals surface area contributed by atoms with Gasteiger partial charge in [-0.2, -0.15) is 0 Å². The molecule has 1 fully saturated rings. The summed E-state index contributed by atoms with van der Waals surface area (Å²) in [6.45, 7) is 1.51. The van der Waals surface area contributed by atoms with Crippen LogP contribution < -0.4 is 0 Å². The molecule has 1 aliphatic rings. The Morgan fingerprint density at radius 1 is 1.45 bits per heavy atom. The van der Waals surface area contributed by atoms with E-state index in [1.807, 2.05) is 0 Å². The molecule has 1 aromatic rings. The fourth-order valence-corrected chi connectivity index (χ4v) is 1.46. The van der Waals surface area contributed by atoms with Gasteiger partial charge in [0.15, 0.2) is 5.01 Å². The van der Waals surface area contributed by atoms with E-state index in [1.165, 1.54) is 11.3 Å². The molecule has 1 aliphatic heterocycles. The van der Waals surface area contributed by atoms with Crippen LogP contribution in [0.1, 0.15) is 17.7 Å². The summed E-state index contributed by atoms with van der Waals surface area (Å²) >= 11 is 1.46. The van der Waals surface area contributed by atoms with E-state index in [1.54, 1.807) is 5.51 Å². The van der Waals surface area contributed by atoms with Gasteiger partial charge in [0.1, 0.15) is 5.51 Å². The maximum atomic E-state index is 5.31. The summed E-state index contributed by atoms with van der Waals surface area (Å²) in [6, 6.07) is 0. The van der Waals surface area contributed by atoms with E-state index in [9.17, 15) is 0 Å². The molecule has 1 aromatic heterocycles. The van der Waals surface area contributed by atoms with Crippen molar-refractivity contribution in [1.29, 1.82) is 0 Å². The lowest BCUT2D eigenvalue weighted by Gasteiger charge is -2.20. The van der Waals surface area contributed by atoms with E-state index in [0.29, 0.717) is 0 Å². The molecule has 0 aliphatic carbocycles. The largest absolute Gasteiger partial charge is 0.346 e. The monoisotopic (exact) mass is 172 g/mol. The van der Waals surface area contributed by atoms with E-state index >= 15 is 0 Å². The highest BCUT2D eigenvalue weighted by atomic mass is 32.1. The standard InChI is InChI=1S/C6H8N2O2S/c1-2-9-6(10-3-1)5-8-7-4-11-5/h4,6H,1-3H2. The van der Waals surface area contributed by atoms with Crippen LogP contribution in [0.2, 0.25) is 0 Å². The van der Waals surface area contributed by atoms with E-state index in [-0.39, 0.29) is 6.29 Å². The minimum absolute atomic E-state index is 0.267. The van der Waals surface area contributed by atoms with Crippen molar-refractivity contribution in [3.8, 4) is 0 Å². The van der Waals surface area contributed by atoms with Gasteiger partial charge in [0.05, 0.1) is 13.2 Å². The molecule has 1 saturated heterocycles. The first-order valence-corrected chi connectivity index (χ1v) is 4.34. The second-order valence-corrected chi connectivity index (χ2v) is 3.07. The summed E-state index contributed by atoms with van der Waals surface area (Å²) in [5.41, 5.74) is 1.68. The Hall–Kier alpha value is -0.520. The molecule has 60 valence electrons. The molecule has 5 heteroatoms. The van der Waals surface area contributed by atoms with Crippen LogP contribution in [-0.4, -0.2) is 23.4 Å². The fraction of sp³-hybridized carbons (Fsp3) is 0.667. The first-order valence-electron chi connectivity index (χ1n) is 3.46. The smallest absolute Gasteiger partial charge is 0.212 e. The predicted molar refractivity (Wildman–Crippen MR) is 39.2 cm³/mol. The molecular formula is C6H8N2O2S. The second-order valence-electron chi connectivity index (χ2n) is 2.20. The molecule has 0 atom stereocenters. The number of rotatable bonds is 1. The van der Waals surface area contributed by atoms with E-state index < -0.39 is 0 Å². The normalized spacial score (nSPS) is 20.4. The third-order valence-electron chi connectivity index (χ3n) is 1.41. The number of hydrogen-bond acceptors (Lipinski definition) is 5. The molecule has 0 amide bonds. The average molecular weight is 172 g/mol. The van der Waals surface area contributed by atoms with Gasteiger partial charge in [0, 0.05) is 0 Å². The van der Waals surface area contributed by atoms with Gasteiger partial charge in [-0.25, -0.2) is 0 Å². The van der Waals surface area contributed by atoms with Crippen molar-refractivity contribution in [2.45, 2.75) is 12.7 Å². The molecule has 0 spiro atoms. The summed E-state index contributed by atoms with van der Waals surface area (Å²) < 4.78 is 10.6. The summed E-state index contributed by atoms with van der Waals surface area (Å²) in [4.78, 5) is 0. The quantitative estimate of drug-likeness (QED) is 0.633. The maximum absolute atomic E-state index is 5.31. The van der Waals surface area contributed by atoms with Crippen LogP contribution in [-0.2, 0) is 9.47 Å². The van der Waals surface area contributed by atoms with Crippen LogP contribution in [0.5, 0.6) is 0 Å². The van der Waals surface area contributed by atoms with Gasteiger partial charge in [-0.3, -0.25) is 0 Å². The van der Waals surface area contributed by atoms with E-state index in [2.05, 4.69) is 10.2 Å². The zero-order chi connectivity index (χ0) is 7.52. The molecule has 2 heterocycles. The molecule has 0 saturated carbocycles. The van der Waals surface area contributed by atoms with Crippen molar-refractivity contribution in [2.75, 3.05) is 13.2 Å². The van der Waals surface area contributed by atoms with Crippen molar-refractivity contribution >= 4 is 11.3 Å². The highest BCUT2D eigenvalue weighted by Gasteiger charge is 2.18. The van der Waals surface area contributed by atoms with Crippen LogP contribution in [0.3, 0.4) is 0 Å². The first-order chi connectivity index (χ1) is 5.47. The number of ether oxygens (including phenoxy) is 2. The van der Waals surface area contributed by atoms with Crippen LogP contribution in [0.4, 0.5) is 0 Å². The molecule has 2 rings (SSSR count). The topological polar surface area (TPSA) is 44.2 Å². The van der Waals surface area contributed by atoms with Crippen LogP contribution >= 0.6 is 11.3 Å². The maximum Gasteiger partial charge on any atom is 0.212 e. The Morgan fingerprint density at radius 2 is 2.27 bits per heavy atom. The minimum atomic E-state index is -0.267. The van der Waals surface area contributed by atoms with Gasteiger partial charge in [0.2, 0.25) is 6.29 Å². The highest BCUT2D eigenvalue weighted by Crippen LogP contribution is 2.22. The van der Waals surface area contributed by atoms with Gasteiger partial charge >= 0.3 is 0 Å². The third kappa shape index (κ3) is 1.55. The predicted octanol–water partition coefficient (Wildman–Crippen LogP) is 0.974. The van der Waals surface area contributed by atoms with Crippen molar-refractivity contribution in [2.24, 2.45) is 0 Å². The Labute approximate surface area is 68.2 Å². The molecule has 0 unspecified atom stereocenters. The summed E-state index contributed by atoms with van der Waals surface area (Å²) in [5, 5.41) is 8.37. The third-order valence-corrected chi connectivity index (χ3v) is 2.12. The number of hydrogen-bond donors (Lipinski definition) is 0. The van der Waals surface area contributed by atoms with E-state index in [0.717, 1.165) is 24.6 Å². The van der Waals surface area contributed by atoms with Gasteiger partial charge in [-0.1, -0.05) is 11.3 Å². The lowest BCUT2D eigenvalue weighted by Crippen LogP contribution is -2.17. The Balaban J connectivity index is 2.04. The molecule has 0 aromatic carbocycles. The Kier molecular flexibility index (Phi) is 2.11. The Morgan fingerprint density at radius 3 is 2.91 bits per heavy atom. The van der Waals surface area contributed by atoms with E-state index in [4.69, 9.17) is 9.47 Å². The van der Waals surface area contributed by atoms with Gasteiger partial charge in [0.25, 0.3) is 0 Å².